The zero-order chi connectivity index (χ0) is 13.5. The number of halogens is 2. The van der Waals surface area contributed by atoms with E-state index in [9.17, 15) is 4.39 Å². The highest BCUT2D eigenvalue weighted by molar-refractivity contribution is 9.09. The van der Waals surface area contributed by atoms with Gasteiger partial charge < -0.3 is 0 Å². The normalized spacial score (nSPS) is 10.9. The van der Waals surface area contributed by atoms with Gasteiger partial charge in [-0.25, -0.2) is 4.39 Å². The highest BCUT2D eigenvalue weighted by Gasteiger charge is 2.09. The van der Waals surface area contributed by atoms with Crippen molar-refractivity contribution in [3.05, 3.63) is 71.5 Å². The lowest BCUT2D eigenvalue weighted by atomic mass is 10.1. The second-order valence-electron chi connectivity index (χ2n) is 4.48. The van der Waals surface area contributed by atoms with Crippen LogP contribution >= 0.6 is 15.9 Å². The van der Waals surface area contributed by atoms with Crippen molar-refractivity contribution in [2.75, 3.05) is 11.9 Å². The van der Waals surface area contributed by atoms with Gasteiger partial charge in [0.1, 0.15) is 5.82 Å². The first-order valence-corrected chi connectivity index (χ1v) is 7.47. The Bertz CT molecular complexity index is 501. The Labute approximate surface area is 122 Å². The SMILES string of the molecule is Fc1ccccc1CN(CCBr)Cc1ccccc1. The maximum absolute atomic E-state index is 13.7. The lowest BCUT2D eigenvalue weighted by Gasteiger charge is -2.21. The van der Waals surface area contributed by atoms with E-state index in [1.165, 1.54) is 11.6 Å². The molecule has 19 heavy (non-hydrogen) atoms. The van der Waals surface area contributed by atoms with Gasteiger partial charge in [-0.15, -0.1) is 0 Å². The molecule has 0 aliphatic heterocycles. The molecular formula is C16H17BrFN. The van der Waals surface area contributed by atoms with E-state index in [2.05, 4.69) is 33.0 Å². The molecule has 1 nitrogen and oxygen atoms in total. The molecule has 0 aromatic heterocycles. The molecule has 0 fully saturated rings. The molecule has 0 aliphatic carbocycles. The standard InChI is InChI=1S/C16H17BrFN/c17-10-11-19(12-14-6-2-1-3-7-14)13-15-8-4-5-9-16(15)18/h1-9H,10-13H2. The van der Waals surface area contributed by atoms with Gasteiger partial charge >= 0.3 is 0 Å². The summed E-state index contributed by atoms with van der Waals surface area (Å²) in [6.07, 6.45) is 0. The Morgan fingerprint density at radius 3 is 2.26 bits per heavy atom. The predicted octanol–water partition coefficient (Wildman–Crippen LogP) is 4.22. The van der Waals surface area contributed by atoms with Gasteiger partial charge in [-0.05, 0) is 11.6 Å². The van der Waals surface area contributed by atoms with Crippen molar-refractivity contribution < 1.29 is 4.39 Å². The molecule has 0 bridgehead atoms. The van der Waals surface area contributed by atoms with E-state index in [1.807, 2.05) is 30.3 Å². The van der Waals surface area contributed by atoms with Gasteiger partial charge in [-0.1, -0.05) is 64.5 Å². The van der Waals surface area contributed by atoms with Crippen LogP contribution in [-0.4, -0.2) is 16.8 Å². The second kappa shape index (κ2) is 7.41. The molecule has 0 radical (unpaired) electrons. The van der Waals surface area contributed by atoms with Gasteiger partial charge in [0.15, 0.2) is 0 Å². The molecule has 2 aromatic rings. The lowest BCUT2D eigenvalue weighted by Crippen LogP contribution is -2.25. The number of rotatable bonds is 6. The molecule has 3 heteroatoms. The molecule has 100 valence electrons. The van der Waals surface area contributed by atoms with Crippen molar-refractivity contribution in [1.82, 2.24) is 4.90 Å². The van der Waals surface area contributed by atoms with Gasteiger partial charge in [0.2, 0.25) is 0 Å². The van der Waals surface area contributed by atoms with Crippen LogP contribution in [0.3, 0.4) is 0 Å². The Hall–Kier alpha value is -1.19. The fraction of sp³-hybridized carbons (Fsp3) is 0.250. The summed E-state index contributed by atoms with van der Waals surface area (Å²) in [7, 11) is 0. The lowest BCUT2D eigenvalue weighted by molar-refractivity contribution is 0.270. The number of nitrogens with zero attached hydrogens (tertiary/aromatic N) is 1. The molecule has 0 heterocycles. The van der Waals surface area contributed by atoms with Gasteiger partial charge in [0.05, 0.1) is 0 Å². The number of hydrogen-bond donors (Lipinski definition) is 0. The van der Waals surface area contributed by atoms with Crippen LogP contribution in [0.15, 0.2) is 54.6 Å². The molecule has 0 unspecified atom stereocenters. The topological polar surface area (TPSA) is 3.24 Å². The summed E-state index contributed by atoms with van der Waals surface area (Å²) in [4.78, 5) is 2.24. The molecule has 0 N–H and O–H groups in total. The summed E-state index contributed by atoms with van der Waals surface area (Å²) < 4.78 is 13.7. The summed E-state index contributed by atoms with van der Waals surface area (Å²) in [6.45, 7) is 2.36. The summed E-state index contributed by atoms with van der Waals surface area (Å²) >= 11 is 3.46. The highest BCUT2D eigenvalue weighted by atomic mass is 79.9. The van der Waals surface area contributed by atoms with Gasteiger partial charge in [0, 0.05) is 30.5 Å². The third-order valence-electron chi connectivity index (χ3n) is 3.00. The maximum atomic E-state index is 13.7. The molecule has 0 spiro atoms. The molecule has 0 saturated heterocycles. The number of alkyl halides is 1. The van der Waals surface area contributed by atoms with Crippen molar-refractivity contribution in [3.8, 4) is 0 Å². The van der Waals surface area contributed by atoms with Crippen LogP contribution in [0.5, 0.6) is 0 Å². The molecular weight excluding hydrogens is 305 g/mol. The number of hydrogen-bond acceptors (Lipinski definition) is 1. The number of benzene rings is 2. The largest absolute Gasteiger partial charge is 0.294 e. The van der Waals surface area contributed by atoms with Crippen LogP contribution in [0.25, 0.3) is 0 Å². The molecule has 0 saturated carbocycles. The van der Waals surface area contributed by atoms with Crippen molar-refractivity contribution in [2.45, 2.75) is 13.1 Å². The smallest absolute Gasteiger partial charge is 0.127 e. The fourth-order valence-electron chi connectivity index (χ4n) is 2.04. The van der Waals surface area contributed by atoms with Gasteiger partial charge in [0.25, 0.3) is 0 Å². The first kappa shape index (κ1) is 14.2. The van der Waals surface area contributed by atoms with Crippen molar-refractivity contribution in [2.24, 2.45) is 0 Å². The summed E-state index contributed by atoms with van der Waals surface area (Å²) in [5.41, 5.74) is 2.00. The third kappa shape index (κ3) is 4.44. The Kier molecular flexibility index (Phi) is 5.55. The average molecular weight is 322 g/mol. The van der Waals surface area contributed by atoms with Crippen LogP contribution in [-0.2, 0) is 13.1 Å². The van der Waals surface area contributed by atoms with Gasteiger partial charge in [-0.2, -0.15) is 0 Å². The zero-order valence-corrected chi connectivity index (χ0v) is 12.3. The molecule has 0 aliphatic rings. The molecule has 0 amide bonds. The molecule has 0 atom stereocenters. The maximum Gasteiger partial charge on any atom is 0.127 e. The zero-order valence-electron chi connectivity index (χ0n) is 10.7. The van der Waals surface area contributed by atoms with Crippen LogP contribution < -0.4 is 0 Å². The predicted molar refractivity (Wildman–Crippen MR) is 80.8 cm³/mol. The van der Waals surface area contributed by atoms with Crippen LogP contribution in [0, 0.1) is 5.82 Å². The van der Waals surface area contributed by atoms with Crippen molar-refractivity contribution >= 4 is 15.9 Å². The van der Waals surface area contributed by atoms with Crippen LogP contribution in [0.2, 0.25) is 0 Å². The van der Waals surface area contributed by atoms with E-state index >= 15 is 0 Å². The Morgan fingerprint density at radius 1 is 0.895 bits per heavy atom. The third-order valence-corrected chi connectivity index (χ3v) is 3.36. The Morgan fingerprint density at radius 2 is 1.58 bits per heavy atom. The van der Waals surface area contributed by atoms with Gasteiger partial charge in [-0.3, -0.25) is 4.90 Å². The quantitative estimate of drug-likeness (QED) is 0.720. The summed E-state index contributed by atoms with van der Waals surface area (Å²) in [5, 5.41) is 0.883. The van der Waals surface area contributed by atoms with E-state index in [-0.39, 0.29) is 5.82 Å². The molecule has 2 rings (SSSR count). The van der Waals surface area contributed by atoms with Crippen LogP contribution in [0.4, 0.5) is 4.39 Å². The van der Waals surface area contributed by atoms with Crippen molar-refractivity contribution in [3.63, 3.8) is 0 Å². The summed E-state index contributed by atoms with van der Waals surface area (Å²) in [5.74, 6) is -0.130. The minimum atomic E-state index is -0.130. The fourth-order valence-corrected chi connectivity index (χ4v) is 2.54. The molecule has 2 aromatic carbocycles. The Balaban J connectivity index is 2.06. The van der Waals surface area contributed by atoms with E-state index in [4.69, 9.17) is 0 Å². The monoisotopic (exact) mass is 321 g/mol. The minimum absolute atomic E-state index is 0.130. The first-order chi connectivity index (χ1) is 9.29. The first-order valence-electron chi connectivity index (χ1n) is 6.35. The van der Waals surface area contributed by atoms with Crippen LogP contribution in [0.1, 0.15) is 11.1 Å². The average Bonchev–Trinajstić information content (AvgIpc) is 2.43. The highest BCUT2D eigenvalue weighted by Crippen LogP contribution is 2.13. The van der Waals surface area contributed by atoms with E-state index in [0.29, 0.717) is 6.54 Å². The van der Waals surface area contributed by atoms with E-state index < -0.39 is 0 Å². The second-order valence-corrected chi connectivity index (χ2v) is 5.27. The minimum Gasteiger partial charge on any atom is -0.294 e. The van der Waals surface area contributed by atoms with E-state index in [1.54, 1.807) is 6.07 Å². The summed E-state index contributed by atoms with van der Waals surface area (Å²) in [6, 6.07) is 17.2. The van der Waals surface area contributed by atoms with Crippen molar-refractivity contribution in [1.29, 1.82) is 0 Å². The van der Waals surface area contributed by atoms with E-state index in [0.717, 1.165) is 24.0 Å².